The summed E-state index contributed by atoms with van der Waals surface area (Å²) >= 11 is 0. The van der Waals surface area contributed by atoms with Crippen molar-refractivity contribution in [2.45, 2.75) is 25.6 Å². The Bertz CT molecular complexity index is 896. The molecule has 6 nitrogen and oxygen atoms in total. The lowest BCUT2D eigenvalue weighted by molar-refractivity contribution is 0.0719. The Labute approximate surface area is 158 Å². The van der Waals surface area contributed by atoms with Gasteiger partial charge in [0.2, 0.25) is 0 Å². The first-order valence-electron chi connectivity index (χ1n) is 9.18. The highest BCUT2D eigenvalue weighted by molar-refractivity contribution is 6.04. The fourth-order valence-electron chi connectivity index (χ4n) is 3.98. The number of methoxy groups -OCH3 is 1. The molecule has 0 bridgehead atoms. The summed E-state index contributed by atoms with van der Waals surface area (Å²) in [5.74, 6) is 0.639. The van der Waals surface area contributed by atoms with Crippen molar-refractivity contribution in [2.24, 2.45) is 0 Å². The first kappa shape index (κ1) is 17.4. The molecule has 1 N–H and O–H groups in total. The van der Waals surface area contributed by atoms with Crippen molar-refractivity contribution in [1.82, 2.24) is 10.2 Å². The van der Waals surface area contributed by atoms with Gasteiger partial charge >= 0.3 is 0 Å². The summed E-state index contributed by atoms with van der Waals surface area (Å²) in [6, 6.07) is 12.9. The molecule has 0 spiro atoms. The van der Waals surface area contributed by atoms with Crippen LogP contribution in [-0.4, -0.2) is 43.6 Å². The molecule has 0 radical (unpaired) electrons. The van der Waals surface area contributed by atoms with Crippen LogP contribution in [0.1, 0.15) is 39.1 Å². The fourth-order valence-corrected chi connectivity index (χ4v) is 3.98. The molecule has 4 rings (SSSR count). The van der Waals surface area contributed by atoms with E-state index in [0.29, 0.717) is 17.7 Å². The van der Waals surface area contributed by atoms with Crippen LogP contribution in [0, 0.1) is 0 Å². The van der Waals surface area contributed by atoms with Gasteiger partial charge in [0.1, 0.15) is 11.9 Å². The van der Waals surface area contributed by atoms with Gasteiger partial charge in [0, 0.05) is 31.3 Å². The maximum atomic E-state index is 12.7. The summed E-state index contributed by atoms with van der Waals surface area (Å²) in [4.78, 5) is 29.4. The highest BCUT2D eigenvalue weighted by Gasteiger charge is 2.38. The zero-order valence-electron chi connectivity index (χ0n) is 15.6. The standard InChI is InChI=1S/C21H23N3O3/c1-23-17-12-14(9-10-16(17)21(26)24-11-5-8-19(23)24)20(25)22-13-15-6-3-4-7-18(15)27-2/h3-4,6-7,9-10,12,19H,5,8,11,13H2,1-2H3,(H,22,25)/t19-/m1/s1. The summed E-state index contributed by atoms with van der Waals surface area (Å²) in [7, 11) is 3.61. The van der Waals surface area contributed by atoms with Crippen LogP contribution in [0.5, 0.6) is 5.75 Å². The van der Waals surface area contributed by atoms with Gasteiger partial charge in [0.05, 0.1) is 18.4 Å². The van der Waals surface area contributed by atoms with E-state index in [1.165, 1.54) is 0 Å². The Kier molecular flexibility index (Phi) is 4.48. The third kappa shape index (κ3) is 3.01. The molecular weight excluding hydrogens is 342 g/mol. The highest BCUT2D eigenvalue weighted by atomic mass is 16.5. The van der Waals surface area contributed by atoms with Crippen LogP contribution in [0.4, 0.5) is 5.69 Å². The number of benzene rings is 2. The molecule has 2 aliphatic rings. The van der Waals surface area contributed by atoms with Crippen molar-refractivity contribution < 1.29 is 14.3 Å². The molecule has 2 heterocycles. The molecule has 27 heavy (non-hydrogen) atoms. The topological polar surface area (TPSA) is 61.9 Å². The number of nitrogens with zero attached hydrogens (tertiary/aromatic N) is 2. The minimum Gasteiger partial charge on any atom is -0.496 e. The lowest BCUT2D eigenvalue weighted by atomic mass is 10.0. The second-order valence-electron chi connectivity index (χ2n) is 6.96. The quantitative estimate of drug-likeness (QED) is 0.905. The molecule has 0 saturated carbocycles. The predicted octanol–water partition coefficient (Wildman–Crippen LogP) is 2.64. The zero-order chi connectivity index (χ0) is 19.0. The van der Waals surface area contributed by atoms with E-state index in [1.807, 2.05) is 42.3 Å². The highest BCUT2D eigenvalue weighted by Crippen LogP contribution is 2.35. The smallest absolute Gasteiger partial charge is 0.257 e. The van der Waals surface area contributed by atoms with Crippen molar-refractivity contribution in [1.29, 1.82) is 0 Å². The van der Waals surface area contributed by atoms with Gasteiger partial charge in [-0.3, -0.25) is 9.59 Å². The van der Waals surface area contributed by atoms with Crippen LogP contribution in [-0.2, 0) is 6.54 Å². The van der Waals surface area contributed by atoms with Gasteiger partial charge in [-0.25, -0.2) is 0 Å². The molecule has 2 aromatic rings. The molecule has 2 aliphatic heterocycles. The number of para-hydroxylation sites is 1. The largest absolute Gasteiger partial charge is 0.496 e. The van der Waals surface area contributed by atoms with Crippen LogP contribution >= 0.6 is 0 Å². The molecule has 0 aromatic heterocycles. The third-order valence-electron chi connectivity index (χ3n) is 5.43. The summed E-state index contributed by atoms with van der Waals surface area (Å²) in [5, 5.41) is 2.94. The maximum Gasteiger partial charge on any atom is 0.257 e. The van der Waals surface area contributed by atoms with Crippen molar-refractivity contribution in [3.05, 3.63) is 59.2 Å². The van der Waals surface area contributed by atoms with E-state index in [9.17, 15) is 9.59 Å². The lowest BCUT2D eigenvalue weighted by Gasteiger charge is -2.40. The van der Waals surface area contributed by atoms with Gasteiger partial charge in [-0.1, -0.05) is 18.2 Å². The first-order valence-corrected chi connectivity index (χ1v) is 9.18. The van der Waals surface area contributed by atoms with Gasteiger partial charge < -0.3 is 19.9 Å². The van der Waals surface area contributed by atoms with Gasteiger partial charge in [0.25, 0.3) is 11.8 Å². The van der Waals surface area contributed by atoms with E-state index in [2.05, 4.69) is 10.2 Å². The Morgan fingerprint density at radius 3 is 2.89 bits per heavy atom. The SMILES string of the molecule is COc1ccccc1CNC(=O)c1ccc2c(c1)N(C)[C@H]1CCCN1C2=O. The van der Waals surface area contributed by atoms with Gasteiger partial charge in [-0.2, -0.15) is 0 Å². The average molecular weight is 365 g/mol. The monoisotopic (exact) mass is 365 g/mol. The van der Waals surface area contributed by atoms with Gasteiger partial charge in [-0.15, -0.1) is 0 Å². The Hall–Kier alpha value is -3.02. The van der Waals surface area contributed by atoms with Gasteiger partial charge in [-0.05, 0) is 37.1 Å². The number of hydrogen-bond acceptors (Lipinski definition) is 4. The Morgan fingerprint density at radius 1 is 1.26 bits per heavy atom. The number of ether oxygens (including phenoxy) is 1. The number of amides is 2. The number of fused-ring (bicyclic) bond motifs is 2. The molecule has 0 aliphatic carbocycles. The molecule has 6 heteroatoms. The molecule has 2 aromatic carbocycles. The van der Waals surface area contributed by atoms with Crippen LogP contribution in [0.25, 0.3) is 0 Å². The predicted molar refractivity (Wildman–Crippen MR) is 103 cm³/mol. The first-order chi connectivity index (χ1) is 13.1. The zero-order valence-corrected chi connectivity index (χ0v) is 15.6. The summed E-state index contributed by atoms with van der Waals surface area (Å²) in [6.45, 7) is 1.18. The number of carbonyl (C=O) groups excluding carboxylic acids is 2. The maximum absolute atomic E-state index is 12.7. The van der Waals surface area contributed by atoms with Crippen LogP contribution < -0.4 is 15.0 Å². The van der Waals surface area contributed by atoms with Crippen LogP contribution in [0.15, 0.2) is 42.5 Å². The van der Waals surface area contributed by atoms with E-state index < -0.39 is 0 Å². The third-order valence-corrected chi connectivity index (χ3v) is 5.43. The number of carbonyl (C=O) groups is 2. The van der Waals surface area contributed by atoms with Crippen molar-refractivity contribution in [2.75, 3.05) is 25.6 Å². The summed E-state index contributed by atoms with van der Waals surface area (Å²) in [6.07, 6.45) is 2.07. The van der Waals surface area contributed by atoms with Crippen LogP contribution in [0.2, 0.25) is 0 Å². The number of rotatable bonds is 4. The Balaban J connectivity index is 1.54. The fraction of sp³-hybridized carbons (Fsp3) is 0.333. The normalized spacial score (nSPS) is 18.1. The Morgan fingerprint density at radius 2 is 2.07 bits per heavy atom. The molecule has 1 fully saturated rings. The van der Waals surface area contributed by atoms with Crippen molar-refractivity contribution in [3.63, 3.8) is 0 Å². The minimum atomic E-state index is -0.168. The lowest BCUT2D eigenvalue weighted by Crippen LogP contribution is -2.50. The molecule has 140 valence electrons. The van der Waals surface area contributed by atoms with Crippen LogP contribution in [0.3, 0.4) is 0 Å². The minimum absolute atomic E-state index is 0.0616. The van der Waals surface area contributed by atoms with Crippen molar-refractivity contribution in [3.8, 4) is 5.75 Å². The molecule has 1 saturated heterocycles. The second kappa shape index (κ2) is 6.95. The molecular formula is C21H23N3O3. The number of nitrogens with one attached hydrogen (secondary N) is 1. The summed E-state index contributed by atoms with van der Waals surface area (Å²) in [5.41, 5.74) is 2.96. The molecule has 2 amide bonds. The average Bonchev–Trinajstić information content (AvgIpc) is 3.20. The van der Waals surface area contributed by atoms with E-state index in [1.54, 1.807) is 19.2 Å². The molecule has 0 unspecified atom stereocenters. The number of hydrogen-bond donors (Lipinski definition) is 1. The van der Waals surface area contributed by atoms with E-state index >= 15 is 0 Å². The molecule has 1 atom stereocenters. The summed E-state index contributed by atoms with van der Waals surface area (Å²) < 4.78 is 5.32. The number of anilines is 1. The second-order valence-corrected chi connectivity index (χ2v) is 6.96. The van der Waals surface area contributed by atoms with E-state index in [4.69, 9.17) is 4.74 Å². The van der Waals surface area contributed by atoms with E-state index in [0.717, 1.165) is 36.4 Å². The van der Waals surface area contributed by atoms with E-state index in [-0.39, 0.29) is 18.0 Å². The van der Waals surface area contributed by atoms with Gasteiger partial charge in [0.15, 0.2) is 0 Å². The van der Waals surface area contributed by atoms with Crippen molar-refractivity contribution >= 4 is 17.5 Å².